The van der Waals surface area contributed by atoms with Gasteiger partial charge >= 0.3 is 5.97 Å². The van der Waals surface area contributed by atoms with Crippen LogP contribution in [0.1, 0.15) is 39.0 Å². The molecule has 3 aromatic rings. The molecule has 1 atom stereocenters. The molecular weight excluding hydrogens is 382 g/mol. The lowest BCUT2D eigenvalue weighted by atomic mass is 10.2. The molecule has 0 saturated heterocycles. The predicted molar refractivity (Wildman–Crippen MR) is 114 cm³/mol. The number of esters is 1. The summed E-state index contributed by atoms with van der Waals surface area (Å²) >= 11 is 0. The maximum absolute atomic E-state index is 12.4. The molecule has 0 bridgehead atoms. The van der Waals surface area contributed by atoms with Gasteiger partial charge < -0.3 is 20.4 Å². The molecule has 0 spiro atoms. The SMILES string of the molecule is Cc1ccc(C)n1-c1ccc(C(=O)O[C@@H](C)C(=O)Nc2ccc(C(N)=O)cc2)cc1. The molecule has 2 amide bonds. The van der Waals surface area contributed by atoms with Crippen molar-refractivity contribution in [2.75, 3.05) is 5.32 Å². The predicted octanol–water partition coefficient (Wildman–Crippen LogP) is 3.38. The molecule has 0 fully saturated rings. The molecule has 1 heterocycles. The second-order valence-corrected chi connectivity index (χ2v) is 6.98. The second kappa shape index (κ2) is 8.65. The summed E-state index contributed by atoms with van der Waals surface area (Å²) in [4.78, 5) is 35.8. The van der Waals surface area contributed by atoms with Crippen LogP contribution in [0.4, 0.5) is 5.69 Å². The molecular formula is C23H23N3O4. The zero-order valence-electron chi connectivity index (χ0n) is 17.0. The zero-order chi connectivity index (χ0) is 21.8. The molecule has 7 nitrogen and oxygen atoms in total. The van der Waals surface area contributed by atoms with Crippen molar-refractivity contribution in [3.8, 4) is 5.69 Å². The number of hydrogen-bond acceptors (Lipinski definition) is 4. The smallest absolute Gasteiger partial charge is 0.338 e. The second-order valence-electron chi connectivity index (χ2n) is 6.98. The largest absolute Gasteiger partial charge is 0.449 e. The van der Waals surface area contributed by atoms with Gasteiger partial charge in [0.05, 0.1) is 5.56 Å². The number of primary amides is 1. The normalized spacial score (nSPS) is 11.6. The Morgan fingerprint density at radius 2 is 1.40 bits per heavy atom. The van der Waals surface area contributed by atoms with E-state index in [0.29, 0.717) is 16.8 Å². The van der Waals surface area contributed by atoms with Crippen molar-refractivity contribution in [2.24, 2.45) is 5.73 Å². The van der Waals surface area contributed by atoms with E-state index in [2.05, 4.69) is 9.88 Å². The van der Waals surface area contributed by atoms with E-state index >= 15 is 0 Å². The van der Waals surface area contributed by atoms with E-state index in [-0.39, 0.29) is 0 Å². The monoisotopic (exact) mass is 405 g/mol. The summed E-state index contributed by atoms with van der Waals surface area (Å²) in [5.41, 5.74) is 9.48. The molecule has 154 valence electrons. The number of hydrogen-bond donors (Lipinski definition) is 2. The van der Waals surface area contributed by atoms with Gasteiger partial charge in [-0.3, -0.25) is 9.59 Å². The third kappa shape index (κ3) is 4.57. The average Bonchev–Trinajstić information content (AvgIpc) is 3.06. The summed E-state index contributed by atoms with van der Waals surface area (Å²) in [6.07, 6.45) is -0.998. The Bertz CT molecular complexity index is 1060. The molecule has 0 aliphatic heterocycles. The van der Waals surface area contributed by atoms with Crippen LogP contribution in [0.3, 0.4) is 0 Å². The number of benzene rings is 2. The number of carbonyl (C=O) groups is 3. The van der Waals surface area contributed by atoms with Gasteiger partial charge in [-0.05, 0) is 81.4 Å². The van der Waals surface area contributed by atoms with Gasteiger partial charge in [-0.25, -0.2) is 4.79 Å². The highest BCUT2D eigenvalue weighted by Crippen LogP contribution is 2.18. The van der Waals surface area contributed by atoms with Crippen molar-refractivity contribution in [1.29, 1.82) is 0 Å². The Morgan fingerprint density at radius 3 is 1.93 bits per heavy atom. The van der Waals surface area contributed by atoms with E-state index in [1.807, 2.05) is 38.1 Å². The van der Waals surface area contributed by atoms with Crippen molar-refractivity contribution < 1.29 is 19.1 Å². The summed E-state index contributed by atoms with van der Waals surface area (Å²) in [6, 6.07) is 17.2. The Kier molecular flexibility index (Phi) is 6.01. The summed E-state index contributed by atoms with van der Waals surface area (Å²) in [5, 5.41) is 2.63. The number of nitrogens with zero attached hydrogens (tertiary/aromatic N) is 1. The topological polar surface area (TPSA) is 103 Å². The standard InChI is InChI=1S/C23H23N3O4/c1-14-4-5-15(2)26(14)20-12-8-18(9-13-20)23(29)30-16(3)22(28)25-19-10-6-17(7-11-19)21(24)27/h4-13,16H,1-3H3,(H2,24,27)(H,25,28)/t16-/m0/s1. The first-order valence-electron chi connectivity index (χ1n) is 9.43. The quantitative estimate of drug-likeness (QED) is 0.614. The Hall–Kier alpha value is -3.87. The molecule has 2 aromatic carbocycles. The van der Waals surface area contributed by atoms with Gasteiger partial charge in [-0.15, -0.1) is 0 Å². The van der Waals surface area contributed by atoms with Crippen LogP contribution >= 0.6 is 0 Å². The minimum absolute atomic E-state index is 0.334. The lowest BCUT2D eigenvalue weighted by Gasteiger charge is -2.14. The zero-order valence-corrected chi connectivity index (χ0v) is 17.0. The summed E-state index contributed by atoms with van der Waals surface area (Å²) < 4.78 is 7.36. The number of anilines is 1. The highest BCUT2D eigenvalue weighted by molar-refractivity contribution is 5.98. The van der Waals surface area contributed by atoms with Crippen LogP contribution in [0.15, 0.2) is 60.7 Å². The van der Waals surface area contributed by atoms with Gasteiger partial charge in [0, 0.05) is 28.3 Å². The van der Waals surface area contributed by atoms with Crippen LogP contribution in [-0.4, -0.2) is 28.5 Å². The molecule has 3 rings (SSSR count). The minimum Gasteiger partial charge on any atom is -0.449 e. The number of amides is 2. The van der Waals surface area contributed by atoms with E-state index < -0.39 is 23.9 Å². The number of nitrogens with two attached hydrogens (primary N) is 1. The Balaban J connectivity index is 1.62. The van der Waals surface area contributed by atoms with Crippen molar-refractivity contribution in [3.63, 3.8) is 0 Å². The van der Waals surface area contributed by atoms with Gasteiger partial charge in [0.2, 0.25) is 5.91 Å². The fourth-order valence-corrected chi connectivity index (χ4v) is 3.07. The molecule has 0 radical (unpaired) electrons. The van der Waals surface area contributed by atoms with Crippen LogP contribution < -0.4 is 11.1 Å². The van der Waals surface area contributed by atoms with Gasteiger partial charge in [-0.1, -0.05) is 0 Å². The molecule has 0 aliphatic carbocycles. The molecule has 0 unspecified atom stereocenters. The Labute approximate surface area is 174 Å². The highest BCUT2D eigenvalue weighted by atomic mass is 16.5. The summed E-state index contributed by atoms with van der Waals surface area (Å²) in [6.45, 7) is 5.51. The number of rotatable bonds is 6. The molecule has 30 heavy (non-hydrogen) atoms. The third-order valence-electron chi connectivity index (χ3n) is 4.72. The van der Waals surface area contributed by atoms with Crippen LogP contribution in [0.2, 0.25) is 0 Å². The first kappa shape index (κ1) is 20.9. The maximum Gasteiger partial charge on any atom is 0.338 e. The van der Waals surface area contributed by atoms with E-state index in [4.69, 9.17) is 10.5 Å². The van der Waals surface area contributed by atoms with Crippen molar-refractivity contribution >= 4 is 23.5 Å². The fraction of sp³-hybridized carbons (Fsp3) is 0.174. The average molecular weight is 405 g/mol. The molecule has 7 heteroatoms. The van der Waals surface area contributed by atoms with Gasteiger partial charge in [0.15, 0.2) is 6.10 Å². The third-order valence-corrected chi connectivity index (χ3v) is 4.72. The highest BCUT2D eigenvalue weighted by Gasteiger charge is 2.19. The fourth-order valence-electron chi connectivity index (χ4n) is 3.07. The first-order chi connectivity index (χ1) is 14.3. The molecule has 0 saturated carbocycles. The van der Waals surface area contributed by atoms with Crippen molar-refractivity contribution in [3.05, 3.63) is 83.2 Å². The van der Waals surface area contributed by atoms with E-state index in [9.17, 15) is 14.4 Å². The summed E-state index contributed by atoms with van der Waals surface area (Å²) in [5.74, 6) is -1.62. The van der Waals surface area contributed by atoms with Crippen molar-refractivity contribution in [2.45, 2.75) is 26.9 Å². The number of nitrogens with one attached hydrogen (secondary N) is 1. The molecule has 0 aliphatic rings. The number of ether oxygens (including phenoxy) is 1. The van der Waals surface area contributed by atoms with Gasteiger partial charge in [0.1, 0.15) is 0 Å². The van der Waals surface area contributed by atoms with Gasteiger partial charge in [0.25, 0.3) is 5.91 Å². The Morgan fingerprint density at radius 1 is 0.867 bits per heavy atom. The van der Waals surface area contributed by atoms with Crippen LogP contribution in [-0.2, 0) is 9.53 Å². The summed E-state index contributed by atoms with van der Waals surface area (Å²) in [7, 11) is 0. The van der Waals surface area contributed by atoms with E-state index in [0.717, 1.165) is 17.1 Å². The van der Waals surface area contributed by atoms with E-state index in [1.165, 1.54) is 19.1 Å². The van der Waals surface area contributed by atoms with Crippen LogP contribution in [0.25, 0.3) is 5.69 Å². The van der Waals surface area contributed by atoms with Crippen molar-refractivity contribution in [1.82, 2.24) is 4.57 Å². The van der Waals surface area contributed by atoms with E-state index in [1.54, 1.807) is 24.3 Å². The van der Waals surface area contributed by atoms with Crippen LogP contribution in [0.5, 0.6) is 0 Å². The molecule has 3 N–H and O–H groups in total. The maximum atomic E-state index is 12.4. The minimum atomic E-state index is -0.998. The van der Waals surface area contributed by atoms with Gasteiger partial charge in [-0.2, -0.15) is 0 Å². The first-order valence-corrected chi connectivity index (χ1v) is 9.43. The lowest BCUT2D eigenvalue weighted by Crippen LogP contribution is -2.30. The number of carbonyl (C=O) groups excluding carboxylic acids is 3. The number of aromatic nitrogens is 1. The lowest BCUT2D eigenvalue weighted by molar-refractivity contribution is -0.123. The van der Waals surface area contributed by atoms with Crippen LogP contribution in [0, 0.1) is 13.8 Å². The molecule has 1 aromatic heterocycles. The number of aryl methyl sites for hydroxylation is 2.